The molecule has 1 aromatic carbocycles. The summed E-state index contributed by atoms with van der Waals surface area (Å²) < 4.78 is 12.1. The molecule has 5 heteroatoms. The molecule has 3 aliphatic rings. The second kappa shape index (κ2) is 9.96. The fraction of sp³-hybridized carbons (Fsp3) is 0.542. The summed E-state index contributed by atoms with van der Waals surface area (Å²) in [7, 11) is 0. The van der Waals surface area contributed by atoms with E-state index in [1.54, 1.807) is 0 Å². The van der Waals surface area contributed by atoms with Gasteiger partial charge in [-0.3, -0.25) is 4.79 Å². The minimum Gasteiger partial charge on any atom is -0.481 e. The normalized spacial score (nSPS) is 32.3. The number of fused-ring (bicyclic) bond motifs is 5. The summed E-state index contributed by atoms with van der Waals surface area (Å²) in [6.45, 7) is 0. The van der Waals surface area contributed by atoms with E-state index in [2.05, 4.69) is 48.6 Å². The minimum absolute atomic E-state index is 0.248. The first-order valence-corrected chi connectivity index (χ1v) is 11.9. The number of carboxylic acids is 1. The maximum atomic E-state index is 10.6. The number of rotatable bonds is 12. The molecule has 3 heterocycles. The highest BCUT2D eigenvalue weighted by Gasteiger charge is 2.68. The molecule has 1 aromatic rings. The zero-order chi connectivity index (χ0) is 20.1. The van der Waals surface area contributed by atoms with Crippen LogP contribution in [0.25, 0.3) is 6.08 Å². The molecule has 0 amide bonds. The van der Waals surface area contributed by atoms with Crippen molar-refractivity contribution in [2.45, 2.75) is 56.5 Å². The number of thioether (sulfide) groups is 1. The van der Waals surface area contributed by atoms with Gasteiger partial charge in [-0.1, -0.05) is 54.6 Å². The lowest BCUT2D eigenvalue weighted by atomic mass is 9.76. The van der Waals surface area contributed by atoms with Crippen molar-refractivity contribution < 1.29 is 19.4 Å². The van der Waals surface area contributed by atoms with Crippen LogP contribution in [0.5, 0.6) is 0 Å². The minimum atomic E-state index is -0.715. The third kappa shape index (κ3) is 5.33. The van der Waals surface area contributed by atoms with Crippen molar-refractivity contribution in [3.63, 3.8) is 0 Å². The Kier molecular flexibility index (Phi) is 7.11. The predicted molar refractivity (Wildman–Crippen MR) is 117 cm³/mol. The van der Waals surface area contributed by atoms with Crippen LogP contribution in [0.2, 0.25) is 0 Å². The second-order valence-corrected chi connectivity index (χ2v) is 9.28. The van der Waals surface area contributed by atoms with Crippen molar-refractivity contribution >= 4 is 23.8 Å². The van der Waals surface area contributed by atoms with Crippen LogP contribution in [0.15, 0.2) is 48.6 Å². The van der Waals surface area contributed by atoms with E-state index in [0.717, 1.165) is 24.3 Å². The van der Waals surface area contributed by atoms with Gasteiger partial charge in [-0.2, -0.15) is 11.8 Å². The van der Waals surface area contributed by atoms with Crippen LogP contribution in [-0.2, 0) is 14.3 Å². The summed E-state index contributed by atoms with van der Waals surface area (Å²) >= 11 is 1.98. The summed E-state index contributed by atoms with van der Waals surface area (Å²) in [4.78, 5) is 10.6. The summed E-state index contributed by atoms with van der Waals surface area (Å²) in [5, 5.41) is 8.72. The van der Waals surface area contributed by atoms with Gasteiger partial charge in [0, 0.05) is 12.2 Å². The van der Waals surface area contributed by atoms with Gasteiger partial charge in [0.25, 0.3) is 0 Å². The molecule has 1 N–H and O–H groups in total. The standard InChI is InChI=1S/C24H30O4S/c25-20(26)13-7-2-1-6-12-18-19(22-24-23(28-24)21(18)27-22)14-16-29-15-8-11-17-9-4-3-5-10-17/h1,3-6,8-11,18-19,21-24H,2,7,12-16H2,(H,25,26)/b6-1-,11-8?/t18-,19+,21+,22-,23-,24+/m0/s1. The van der Waals surface area contributed by atoms with Crippen LogP contribution in [-0.4, -0.2) is 47.0 Å². The van der Waals surface area contributed by atoms with Gasteiger partial charge in [-0.05, 0) is 48.8 Å². The Balaban J connectivity index is 1.19. The van der Waals surface area contributed by atoms with E-state index in [4.69, 9.17) is 14.6 Å². The third-order valence-electron chi connectivity index (χ3n) is 6.17. The number of carboxylic acid groups (broad SMARTS) is 1. The molecule has 0 spiro atoms. The molecule has 3 fully saturated rings. The van der Waals surface area contributed by atoms with Crippen molar-refractivity contribution in [2.24, 2.45) is 11.8 Å². The number of aliphatic carboxylic acids is 1. The summed E-state index contributed by atoms with van der Waals surface area (Å²) in [6, 6.07) is 10.4. The first kappa shape index (κ1) is 20.7. The number of hydrogen-bond acceptors (Lipinski definition) is 4. The number of ether oxygens (including phenoxy) is 2. The molecule has 29 heavy (non-hydrogen) atoms. The molecule has 3 aliphatic heterocycles. The van der Waals surface area contributed by atoms with Crippen LogP contribution in [0, 0.1) is 11.8 Å². The molecule has 6 atom stereocenters. The average molecular weight is 415 g/mol. The van der Waals surface area contributed by atoms with E-state index in [9.17, 15) is 4.79 Å². The van der Waals surface area contributed by atoms with Gasteiger partial charge < -0.3 is 14.6 Å². The first-order valence-electron chi connectivity index (χ1n) is 10.7. The monoisotopic (exact) mass is 414 g/mol. The molecule has 0 unspecified atom stereocenters. The molecule has 0 radical (unpaired) electrons. The molecule has 3 saturated heterocycles. The molecule has 4 rings (SSSR count). The zero-order valence-electron chi connectivity index (χ0n) is 16.7. The second-order valence-electron chi connectivity index (χ2n) is 8.13. The highest BCUT2D eigenvalue weighted by Crippen LogP contribution is 2.55. The fourth-order valence-electron chi connectivity index (χ4n) is 4.73. The lowest BCUT2D eigenvalue weighted by Crippen LogP contribution is -2.33. The molecular weight excluding hydrogens is 384 g/mol. The van der Waals surface area contributed by atoms with Gasteiger partial charge in [-0.25, -0.2) is 0 Å². The van der Waals surface area contributed by atoms with Crippen LogP contribution in [0.1, 0.15) is 37.7 Å². The Hall–Kier alpha value is -1.56. The molecular formula is C24H30O4S. The number of benzene rings is 1. The maximum absolute atomic E-state index is 10.6. The average Bonchev–Trinajstić information content (AvgIpc) is 3.35. The van der Waals surface area contributed by atoms with E-state index in [1.807, 2.05) is 17.8 Å². The summed E-state index contributed by atoms with van der Waals surface area (Å²) in [6.07, 6.45) is 14.0. The topological polar surface area (TPSA) is 59.1 Å². The molecule has 156 valence electrons. The molecule has 2 bridgehead atoms. The van der Waals surface area contributed by atoms with E-state index >= 15 is 0 Å². The number of carbonyl (C=O) groups is 1. The van der Waals surface area contributed by atoms with E-state index < -0.39 is 5.97 Å². The van der Waals surface area contributed by atoms with Crippen molar-refractivity contribution in [1.29, 1.82) is 0 Å². The maximum Gasteiger partial charge on any atom is 0.303 e. The Morgan fingerprint density at radius 2 is 1.76 bits per heavy atom. The predicted octanol–water partition coefficient (Wildman–Crippen LogP) is 4.81. The van der Waals surface area contributed by atoms with Crippen LogP contribution in [0.4, 0.5) is 0 Å². The van der Waals surface area contributed by atoms with Crippen molar-refractivity contribution in [3.8, 4) is 0 Å². The molecule has 0 aliphatic carbocycles. The van der Waals surface area contributed by atoms with Crippen molar-refractivity contribution in [1.82, 2.24) is 0 Å². The Morgan fingerprint density at radius 1 is 1.00 bits per heavy atom. The first-order chi connectivity index (χ1) is 14.2. The lowest BCUT2D eigenvalue weighted by Gasteiger charge is -2.25. The SMILES string of the molecule is O=C(O)CCC/C=C\C[C@H]1[C@@H](CCSCC=Cc2ccccc2)[C@@H]2O[C@H]1[C@@H]1O[C@@H]12. The molecule has 0 aromatic heterocycles. The van der Waals surface area contributed by atoms with Crippen LogP contribution in [0.3, 0.4) is 0 Å². The van der Waals surface area contributed by atoms with E-state index in [0.29, 0.717) is 30.5 Å². The highest BCUT2D eigenvalue weighted by atomic mass is 32.2. The third-order valence-corrected chi connectivity index (χ3v) is 7.13. The van der Waals surface area contributed by atoms with Gasteiger partial charge in [0.1, 0.15) is 12.2 Å². The smallest absolute Gasteiger partial charge is 0.303 e. The lowest BCUT2D eigenvalue weighted by molar-refractivity contribution is -0.137. The number of epoxide rings is 1. The van der Waals surface area contributed by atoms with Crippen LogP contribution < -0.4 is 0 Å². The number of unbranched alkanes of at least 4 members (excludes halogenated alkanes) is 1. The summed E-state index contributed by atoms with van der Waals surface area (Å²) in [5.41, 5.74) is 1.25. The largest absolute Gasteiger partial charge is 0.481 e. The molecule has 4 nitrogen and oxygen atoms in total. The fourth-order valence-corrected chi connectivity index (χ4v) is 5.56. The van der Waals surface area contributed by atoms with Gasteiger partial charge in [0.15, 0.2) is 0 Å². The van der Waals surface area contributed by atoms with Gasteiger partial charge in [0.05, 0.1) is 12.2 Å². The van der Waals surface area contributed by atoms with Gasteiger partial charge >= 0.3 is 5.97 Å². The number of allylic oxidation sites excluding steroid dienone is 2. The number of hydrogen-bond donors (Lipinski definition) is 1. The van der Waals surface area contributed by atoms with Gasteiger partial charge in [0.2, 0.25) is 0 Å². The quantitative estimate of drug-likeness (QED) is 0.302. The van der Waals surface area contributed by atoms with Crippen LogP contribution >= 0.6 is 11.8 Å². The van der Waals surface area contributed by atoms with E-state index in [1.165, 1.54) is 12.0 Å². The van der Waals surface area contributed by atoms with Crippen molar-refractivity contribution in [3.05, 3.63) is 54.1 Å². The Bertz CT molecular complexity index is 732. The highest BCUT2D eigenvalue weighted by molar-refractivity contribution is 7.99. The van der Waals surface area contributed by atoms with Gasteiger partial charge in [-0.15, -0.1) is 0 Å². The Morgan fingerprint density at radius 3 is 2.55 bits per heavy atom. The molecule has 0 saturated carbocycles. The van der Waals surface area contributed by atoms with Crippen molar-refractivity contribution in [2.75, 3.05) is 11.5 Å². The summed E-state index contributed by atoms with van der Waals surface area (Å²) in [5.74, 6) is 2.59. The zero-order valence-corrected chi connectivity index (χ0v) is 17.5. The Labute approximate surface area is 177 Å². The van der Waals surface area contributed by atoms with E-state index in [-0.39, 0.29) is 18.6 Å².